The number of hydrogen-bond acceptors (Lipinski definition) is 3. The minimum absolute atomic E-state index is 0.0293. The minimum Gasteiger partial charge on any atom is -0.479 e. The van der Waals surface area contributed by atoms with Crippen molar-refractivity contribution in [1.29, 1.82) is 0 Å². The molecule has 0 bridgehead atoms. The van der Waals surface area contributed by atoms with Crippen molar-refractivity contribution in [3.05, 3.63) is 58.1 Å². The predicted octanol–water partition coefficient (Wildman–Crippen LogP) is 5.80. The van der Waals surface area contributed by atoms with Gasteiger partial charge in [-0.1, -0.05) is 23.2 Å². The first-order chi connectivity index (χ1) is 14.3. The molecule has 0 spiro atoms. The van der Waals surface area contributed by atoms with E-state index in [1.165, 1.54) is 0 Å². The summed E-state index contributed by atoms with van der Waals surface area (Å²) in [4.78, 5) is 27.3. The normalized spacial score (nSPS) is 19.8. The number of carbonyl (C=O) groups excluding carboxylic acids is 2. The molecule has 1 saturated heterocycles. The SMILES string of the molecule is C[C@H](Oc1ccc(Cl)cc1Cl)C(=O)Nc1ccc(C(=O)N2[C@@H](C)CCC[C@@H]2C)cc1. The number of nitrogens with zero attached hydrogens (tertiary/aromatic N) is 1. The van der Waals surface area contributed by atoms with E-state index in [4.69, 9.17) is 27.9 Å². The van der Waals surface area contributed by atoms with Crippen molar-refractivity contribution in [2.24, 2.45) is 0 Å². The molecule has 3 rings (SSSR count). The number of likely N-dealkylation sites (tertiary alicyclic amines) is 1. The molecule has 1 aliphatic rings. The highest BCUT2D eigenvalue weighted by Gasteiger charge is 2.29. The molecule has 2 amide bonds. The average Bonchev–Trinajstić information content (AvgIpc) is 2.70. The topological polar surface area (TPSA) is 58.6 Å². The van der Waals surface area contributed by atoms with Gasteiger partial charge in [0.2, 0.25) is 0 Å². The van der Waals surface area contributed by atoms with Crippen LogP contribution in [0.1, 0.15) is 50.4 Å². The van der Waals surface area contributed by atoms with Gasteiger partial charge in [-0.05, 0) is 82.5 Å². The first-order valence-electron chi connectivity index (χ1n) is 10.1. The maximum Gasteiger partial charge on any atom is 0.265 e. The summed E-state index contributed by atoms with van der Waals surface area (Å²) in [5.41, 5.74) is 1.21. The van der Waals surface area contributed by atoms with Gasteiger partial charge in [0, 0.05) is 28.4 Å². The Morgan fingerprint density at radius 1 is 1.07 bits per heavy atom. The van der Waals surface area contributed by atoms with Gasteiger partial charge in [0.05, 0.1) is 5.02 Å². The fraction of sp³-hybridized carbons (Fsp3) is 0.391. The van der Waals surface area contributed by atoms with Crippen LogP contribution >= 0.6 is 23.2 Å². The summed E-state index contributed by atoms with van der Waals surface area (Å²) in [5.74, 6) is 0.0921. The predicted molar refractivity (Wildman–Crippen MR) is 121 cm³/mol. The Morgan fingerprint density at radius 2 is 1.70 bits per heavy atom. The molecule has 160 valence electrons. The molecule has 0 saturated carbocycles. The molecule has 5 nitrogen and oxygen atoms in total. The van der Waals surface area contributed by atoms with E-state index >= 15 is 0 Å². The number of amides is 2. The highest BCUT2D eigenvalue weighted by molar-refractivity contribution is 6.35. The van der Waals surface area contributed by atoms with E-state index in [0.717, 1.165) is 19.3 Å². The van der Waals surface area contributed by atoms with Crippen LogP contribution in [0.3, 0.4) is 0 Å². The van der Waals surface area contributed by atoms with Crippen LogP contribution in [0.25, 0.3) is 0 Å². The maximum absolute atomic E-state index is 12.9. The Kier molecular flexibility index (Phi) is 7.27. The molecule has 7 heteroatoms. The van der Waals surface area contributed by atoms with Crippen molar-refractivity contribution in [2.75, 3.05) is 5.32 Å². The Morgan fingerprint density at radius 3 is 2.30 bits per heavy atom. The van der Waals surface area contributed by atoms with E-state index in [2.05, 4.69) is 19.2 Å². The van der Waals surface area contributed by atoms with Crippen molar-refractivity contribution >= 4 is 40.7 Å². The highest BCUT2D eigenvalue weighted by atomic mass is 35.5. The van der Waals surface area contributed by atoms with Crippen molar-refractivity contribution in [3.8, 4) is 5.75 Å². The molecule has 1 heterocycles. The second kappa shape index (κ2) is 9.71. The number of piperidine rings is 1. The van der Waals surface area contributed by atoms with Crippen LogP contribution in [0.4, 0.5) is 5.69 Å². The third kappa shape index (κ3) is 5.27. The number of carbonyl (C=O) groups is 2. The molecule has 30 heavy (non-hydrogen) atoms. The van der Waals surface area contributed by atoms with Gasteiger partial charge in [0.15, 0.2) is 6.10 Å². The molecule has 1 fully saturated rings. The standard InChI is InChI=1S/C23H26Cl2N2O3/c1-14-5-4-6-15(2)27(14)23(29)17-7-10-19(11-8-17)26-22(28)16(3)30-21-12-9-18(24)13-20(21)25/h7-16H,4-6H2,1-3H3,(H,26,28)/t14-,15-,16-/m0/s1. The van der Waals surface area contributed by atoms with Crippen LogP contribution in [0.2, 0.25) is 10.0 Å². The number of rotatable bonds is 5. The van der Waals surface area contributed by atoms with Crippen LogP contribution in [0.15, 0.2) is 42.5 Å². The van der Waals surface area contributed by atoms with Crippen molar-refractivity contribution < 1.29 is 14.3 Å². The second-order valence-electron chi connectivity index (χ2n) is 7.74. The first kappa shape index (κ1) is 22.4. The maximum atomic E-state index is 12.9. The van der Waals surface area contributed by atoms with Gasteiger partial charge < -0.3 is 15.0 Å². The third-order valence-electron chi connectivity index (χ3n) is 5.39. The number of benzene rings is 2. The van der Waals surface area contributed by atoms with E-state index < -0.39 is 6.10 Å². The summed E-state index contributed by atoms with van der Waals surface area (Å²) in [6, 6.07) is 12.2. The molecule has 1 N–H and O–H groups in total. The molecule has 2 aromatic rings. The molecular formula is C23H26Cl2N2O3. The summed E-state index contributed by atoms with van der Waals surface area (Å²) in [6.07, 6.45) is 2.44. The van der Waals surface area contributed by atoms with Crippen LogP contribution in [-0.4, -0.2) is 34.9 Å². The Balaban J connectivity index is 1.62. The lowest BCUT2D eigenvalue weighted by atomic mass is 9.96. The van der Waals surface area contributed by atoms with Crippen LogP contribution in [0, 0.1) is 0 Å². The summed E-state index contributed by atoms with van der Waals surface area (Å²) in [7, 11) is 0. The van der Waals surface area contributed by atoms with Crippen LogP contribution in [-0.2, 0) is 4.79 Å². The molecule has 0 aliphatic carbocycles. The minimum atomic E-state index is -0.764. The van der Waals surface area contributed by atoms with E-state index in [0.29, 0.717) is 27.0 Å². The monoisotopic (exact) mass is 448 g/mol. The molecule has 0 radical (unpaired) electrons. The number of nitrogens with one attached hydrogen (secondary N) is 1. The van der Waals surface area contributed by atoms with E-state index in [1.807, 2.05) is 4.90 Å². The van der Waals surface area contributed by atoms with Gasteiger partial charge >= 0.3 is 0 Å². The second-order valence-corrected chi connectivity index (χ2v) is 8.59. The van der Waals surface area contributed by atoms with Gasteiger partial charge in [-0.3, -0.25) is 9.59 Å². The lowest BCUT2D eigenvalue weighted by Crippen LogP contribution is -2.47. The quantitative estimate of drug-likeness (QED) is 0.628. The summed E-state index contributed by atoms with van der Waals surface area (Å²) in [5, 5.41) is 3.63. The molecule has 3 atom stereocenters. The summed E-state index contributed by atoms with van der Waals surface area (Å²) >= 11 is 12.0. The number of halogens is 2. The van der Waals surface area contributed by atoms with Gasteiger partial charge in [-0.25, -0.2) is 0 Å². The average molecular weight is 449 g/mol. The zero-order valence-corrected chi connectivity index (χ0v) is 18.8. The van der Waals surface area contributed by atoms with Crippen molar-refractivity contribution in [1.82, 2.24) is 4.90 Å². The highest BCUT2D eigenvalue weighted by Crippen LogP contribution is 2.29. The van der Waals surface area contributed by atoms with E-state index in [1.54, 1.807) is 49.4 Å². The van der Waals surface area contributed by atoms with Crippen LogP contribution in [0.5, 0.6) is 5.75 Å². The van der Waals surface area contributed by atoms with E-state index in [-0.39, 0.29) is 23.9 Å². The van der Waals surface area contributed by atoms with E-state index in [9.17, 15) is 9.59 Å². The fourth-order valence-corrected chi connectivity index (χ4v) is 4.18. The van der Waals surface area contributed by atoms with Crippen molar-refractivity contribution in [2.45, 2.75) is 58.2 Å². The Labute approximate surface area is 187 Å². The lowest BCUT2D eigenvalue weighted by Gasteiger charge is -2.39. The largest absolute Gasteiger partial charge is 0.479 e. The smallest absolute Gasteiger partial charge is 0.265 e. The van der Waals surface area contributed by atoms with Crippen LogP contribution < -0.4 is 10.1 Å². The number of ether oxygens (including phenoxy) is 1. The molecule has 0 aromatic heterocycles. The van der Waals surface area contributed by atoms with Gasteiger partial charge in [-0.15, -0.1) is 0 Å². The summed E-state index contributed by atoms with van der Waals surface area (Å²) < 4.78 is 5.64. The zero-order valence-electron chi connectivity index (χ0n) is 17.3. The summed E-state index contributed by atoms with van der Waals surface area (Å²) in [6.45, 7) is 5.82. The molecule has 0 unspecified atom stereocenters. The van der Waals surface area contributed by atoms with Gasteiger partial charge in [0.25, 0.3) is 11.8 Å². The molecule has 2 aromatic carbocycles. The third-order valence-corrected chi connectivity index (χ3v) is 5.92. The van der Waals surface area contributed by atoms with Gasteiger partial charge in [-0.2, -0.15) is 0 Å². The zero-order chi connectivity index (χ0) is 21.8. The lowest BCUT2D eigenvalue weighted by molar-refractivity contribution is -0.122. The van der Waals surface area contributed by atoms with Gasteiger partial charge in [0.1, 0.15) is 5.75 Å². The molecule has 1 aliphatic heterocycles. The molecular weight excluding hydrogens is 423 g/mol. The Hall–Kier alpha value is -2.24. The number of hydrogen-bond donors (Lipinski definition) is 1. The fourth-order valence-electron chi connectivity index (χ4n) is 3.73. The first-order valence-corrected chi connectivity index (χ1v) is 10.9. The Bertz CT molecular complexity index is 907. The number of anilines is 1. The van der Waals surface area contributed by atoms with Crippen molar-refractivity contribution in [3.63, 3.8) is 0 Å².